The predicted octanol–water partition coefficient (Wildman–Crippen LogP) is 5.39. The van der Waals surface area contributed by atoms with Gasteiger partial charge in [0.1, 0.15) is 0 Å². The molecule has 0 spiro atoms. The van der Waals surface area contributed by atoms with Crippen LogP contribution in [0.2, 0.25) is 15.1 Å². The van der Waals surface area contributed by atoms with Crippen LogP contribution in [0.15, 0.2) is 36.4 Å². The summed E-state index contributed by atoms with van der Waals surface area (Å²) >= 11 is 18.6. The molecule has 210 valence electrons. The van der Waals surface area contributed by atoms with E-state index in [9.17, 15) is 9.59 Å². The number of likely N-dealkylation sites (tertiary alicyclic amines) is 1. The van der Waals surface area contributed by atoms with Crippen LogP contribution in [0.1, 0.15) is 36.1 Å². The van der Waals surface area contributed by atoms with Crippen LogP contribution in [0.5, 0.6) is 0 Å². The van der Waals surface area contributed by atoms with Crippen LogP contribution in [0.4, 0.5) is 10.5 Å². The lowest BCUT2D eigenvalue weighted by Crippen LogP contribution is -2.46. The van der Waals surface area contributed by atoms with Crippen molar-refractivity contribution in [1.29, 1.82) is 0 Å². The standard InChI is InChI=1S/C29H31Cl3N6O2/c30-20-3-5-25-19(14-20)16-27(39)38(25)21-6-11-35(12-7-21)9-1-10-37-26-8-13-36(29(33)40)17-22(26)28(34-37)18-2-4-23(31)24(32)15-18/h2-5,14-15,21H,1,6-13,16-17H2,(H2,33,40). The number of piperidine rings is 1. The maximum Gasteiger partial charge on any atom is 0.315 e. The number of hydrogen-bond donors (Lipinski definition) is 1. The van der Waals surface area contributed by atoms with E-state index >= 15 is 0 Å². The van der Waals surface area contributed by atoms with Crippen molar-refractivity contribution in [2.24, 2.45) is 5.73 Å². The molecule has 0 saturated carbocycles. The third-order valence-electron chi connectivity index (χ3n) is 8.32. The number of amides is 3. The Balaban J connectivity index is 1.10. The van der Waals surface area contributed by atoms with E-state index in [0.29, 0.717) is 41.0 Å². The monoisotopic (exact) mass is 600 g/mol. The average molecular weight is 602 g/mol. The first kappa shape index (κ1) is 27.4. The second kappa shape index (κ2) is 11.2. The molecule has 0 aliphatic carbocycles. The number of halogens is 3. The first-order valence-electron chi connectivity index (χ1n) is 13.7. The Kier molecular flexibility index (Phi) is 7.70. The number of carbonyl (C=O) groups excluding carboxylic acids is 2. The maximum absolute atomic E-state index is 12.8. The molecule has 3 aromatic rings. The normalized spacial score (nSPS) is 17.8. The Morgan fingerprint density at radius 2 is 1.80 bits per heavy atom. The quantitative estimate of drug-likeness (QED) is 0.410. The molecule has 0 unspecified atom stereocenters. The van der Waals surface area contributed by atoms with Gasteiger partial charge < -0.3 is 20.4 Å². The second-order valence-electron chi connectivity index (χ2n) is 10.8. The molecule has 1 fully saturated rings. The Morgan fingerprint density at radius 3 is 2.55 bits per heavy atom. The van der Waals surface area contributed by atoms with Gasteiger partial charge in [-0.3, -0.25) is 9.48 Å². The van der Waals surface area contributed by atoms with E-state index in [2.05, 4.69) is 9.58 Å². The molecule has 1 saturated heterocycles. The van der Waals surface area contributed by atoms with Gasteiger partial charge in [-0.1, -0.05) is 40.9 Å². The number of urea groups is 1. The summed E-state index contributed by atoms with van der Waals surface area (Å²) in [5, 5.41) is 6.61. The molecule has 1 aromatic heterocycles. The number of primary amides is 1. The number of rotatable bonds is 6. The molecule has 3 aliphatic rings. The highest BCUT2D eigenvalue weighted by atomic mass is 35.5. The van der Waals surface area contributed by atoms with Crippen LogP contribution in [-0.4, -0.2) is 63.7 Å². The number of fused-ring (bicyclic) bond motifs is 2. The Labute approximate surface area is 248 Å². The van der Waals surface area contributed by atoms with Crippen molar-refractivity contribution in [2.45, 2.75) is 51.2 Å². The van der Waals surface area contributed by atoms with Crippen LogP contribution in [0, 0.1) is 0 Å². The minimum absolute atomic E-state index is 0.173. The molecule has 11 heteroatoms. The van der Waals surface area contributed by atoms with Gasteiger partial charge in [-0.2, -0.15) is 5.10 Å². The molecule has 2 N–H and O–H groups in total. The molecule has 0 bridgehead atoms. The molecule has 8 nitrogen and oxygen atoms in total. The van der Waals surface area contributed by atoms with Crippen LogP contribution in [0.3, 0.4) is 0 Å². The van der Waals surface area contributed by atoms with E-state index in [1.165, 1.54) is 0 Å². The second-order valence-corrected chi connectivity index (χ2v) is 12.0. The van der Waals surface area contributed by atoms with Gasteiger partial charge >= 0.3 is 6.03 Å². The summed E-state index contributed by atoms with van der Waals surface area (Å²) in [7, 11) is 0. The van der Waals surface area contributed by atoms with Gasteiger partial charge in [-0.25, -0.2) is 4.79 Å². The Bertz CT molecular complexity index is 1470. The lowest BCUT2D eigenvalue weighted by atomic mass is 10.0. The highest BCUT2D eigenvalue weighted by Gasteiger charge is 2.35. The van der Waals surface area contributed by atoms with Crippen molar-refractivity contribution >= 4 is 52.4 Å². The summed E-state index contributed by atoms with van der Waals surface area (Å²) in [5.74, 6) is 0.173. The lowest BCUT2D eigenvalue weighted by Gasteiger charge is -2.37. The van der Waals surface area contributed by atoms with E-state index in [1.54, 1.807) is 11.0 Å². The topological polar surface area (TPSA) is 87.7 Å². The molecular formula is C29H31Cl3N6O2. The number of carbonyl (C=O) groups is 2. The van der Waals surface area contributed by atoms with Crippen molar-refractivity contribution < 1.29 is 9.59 Å². The molecule has 3 aliphatic heterocycles. The fourth-order valence-electron chi connectivity index (χ4n) is 6.30. The third-order valence-corrected chi connectivity index (χ3v) is 9.29. The van der Waals surface area contributed by atoms with Gasteiger partial charge in [-0.05, 0) is 61.7 Å². The highest BCUT2D eigenvalue weighted by Crippen LogP contribution is 2.36. The number of nitrogens with zero attached hydrogens (tertiary/aromatic N) is 5. The Hall–Kier alpha value is -2.78. The molecular weight excluding hydrogens is 571 g/mol. The summed E-state index contributed by atoms with van der Waals surface area (Å²) in [4.78, 5) is 30.8. The molecule has 3 amide bonds. The zero-order valence-electron chi connectivity index (χ0n) is 22.1. The van der Waals surface area contributed by atoms with Gasteiger partial charge in [0.15, 0.2) is 0 Å². The van der Waals surface area contributed by atoms with Crippen molar-refractivity contribution in [3.63, 3.8) is 0 Å². The predicted molar refractivity (Wildman–Crippen MR) is 158 cm³/mol. The number of nitrogens with two attached hydrogens (primary N) is 1. The fourth-order valence-corrected chi connectivity index (χ4v) is 6.79. The lowest BCUT2D eigenvalue weighted by molar-refractivity contribution is -0.118. The number of benzene rings is 2. The minimum Gasteiger partial charge on any atom is -0.351 e. The van der Waals surface area contributed by atoms with Gasteiger partial charge in [-0.15, -0.1) is 0 Å². The third kappa shape index (κ3) is 5.30. The van der Waals surface area contributed by atoms with Crippen molar-refractivity contribution in [1.82, 2.24) is 19.6 Å². The van der Waals surface area contributed by atoms with E-state index in [4.69, 9.17) is 45.6 Å². The summed E-state index contributed by atoms with van der Waals surface area (Å²) in [5.41, 5.74) is 11.5. The molecule has 4 heterocycles. The van der Waals surface area contributed by atoms with Gasteiger partial charge in [0.2, 0.25) is 5.91 Å². The largest absolute Gasteiger partial charge is 0.351 e. The Morgan fingerprint density at radius 1 is 1.00 bits per heavy atom. The SMILES string of the molecule is NC(=O)N1CCc2c(c(-c3ccc(Cl)c(Cl)c3)nn2CCCN2CCC(N3C(=O)Cc4cc(Cl)ccc43)CC2)C1. The van der Waals surface area contributed by atoms with E-state index in [0.717, 1.165) is 79.2 Å². The molecule has 0 atom stereocenters. The van der Waals surface area contributed by atoms with Crippen LogP contribution < -0.4 is 10.6 Å². The summed E-state index contributed by atoms with van der Waals surface area (Å²) in [6.07, 6.45) is 3.99. The van der Waals surface area contributed by atoms with Crippen molar-refractivity contribution in [2.75, 3.05) is 31.1 Å². The number of anilines is 1. The molecule has 6 rings (SSSR count). The van der Waals surface area contributed by atoms with E-state index in [1.807, 2.05) is 35.2 Å². The average Bonchev–Trinajstić information content (AvgIpc) is 3.46. The fraction of sp³-hybridized carbons (Fsp3) is 0.414. The zero-order chi connectivity index (χ0) is 28.0. The van der Waals surface area contributed by atoms with Gasteiger partial charge in [0.05, 0.1) is 28.7 Å². The summed E-state index contributed by atoms with van der Waals surface area (Å²) in [6, 6.07) is 11.1. The first-order valence-corrected chi connectivity index (χ1v) is 14.8. The zero-order valence-corrected chi connectivity index (χ0v) is 24.4. The van der Waals surface area contributed by atoms with Crippen molar-refractivity contribution in [3.8, 4) is 11.3 Å². The van der Waals surface area contributed by atoms with Crippen molar-refractivity contribution in [3.05, 3.63) is 68.3 Å². The molecule has 0 radical (unpaired) electrons. The van der Waals surface area contributed by atoms with E-state index in [-0.39, 0.29) is 11.9 Å². The number of aromatic nitrogens is 2. The minimum atomic E-state index is -0.426. The maximum atomic E-state index is 12.8. The summed E-state index contributed by atoms with van der Waals surface area (Å²) < 4.78 is 2.09. The van der Waals surface area contributed by atoms with Crippen LogP contribution >= 0.6 is 34.8 Å². The van der Waals surface area contributed by atoms with Gasteiger partial charge in [0.25, 0.3) is 0 Å². The molecule has 40 heavy (non-hydrogen) atoms. The number of hydrogen-bond acceptors (Lipinski definition) is 4. The number of aryl methyl sites for hydroxylation is 1. The summed E-state index contributed by atoms with van der Waals surface area (Å²) in [6.45, 7) is 4.65. The highest BCUT2D eigenvalue weighted by molar-refractivity contribution is 6.42. The van der Waals surface area contributed by atoms with Crippen LogP contribution in [-0.2, 0) is 30.7 Å². The smallest absolute Gasteiger partial charge is 0.315 e. The molecule has 2 aromatic carbocycles. The first-order chi connectivity index (χ1) is 19.3. The van der Waals surface area contributed by atoms with Crippen LogP contribution in [0.25, 0.3) is 11.3 Å². The van der Waals surface area contributed by atoms with E-state index < -0.39 is 6.03 Å². The van der Waals surface area contributed by atoms with Gasteiger partial charge in [0, 0.05) is 66.2 Å².